The zero-order valence-electron chi connectivity index (χ0n) is 13.6. The smallest absolute Gasteiger partial charge is 0.118 e. The van der Waals surface area contributed by atoms with Crippen molar-refractivity contribution in [1.29, 1.82) is 0 Å². The third-order valence-corrected chi connectivity index (χ3v) is 4.54. The van der Waals surface area contributed by atoms with Crippen LogP contribution in [0.2, 0.25) is 0 Å². The lowest BCUT2D eigenvalue weighted by molar-refractivity contribution is 0.191. The van der Waals surface area contributed by atoms with Crippen LogP contribution in [0.4, 0.5) is 0 Å². The molecule has 0 aromatic heterocycles. The number of hydrogen-bond acceptors (Lipinski definition) is 4. The van der Waals surface area contributed by atoms with E-state index in [1.807, 2.05) is 12.1 Å². The van der Waals surface area contributed by atoms with Gasteiger partial charge in [0.2, 0.25) is 0 Å². The Kier molecular flexibility index (Phi) is 6.03. The number of benzene rings is 1. The van der Waals surface area contributed by atoms with Gasteiger partial charge < -0.3 is 20.3 Å². The van der Waals surface area contributed by atoms with Crippen LogP contribution in [0, 0.1) is 0 Å². The first-order valence-corrected chi connectivity index (χ1v) is 7.87. The molecule has 21 heavy (non-hydrogen) atoms. The van der Waals surface area contributed by atoms with E-state index in [0.29, 0.717) is 6.04 Å². The molecule has 1 heterocycles. The molecule has 0 amide bonds. The van der Waals surface area contributed by atoms with Gasteiger partial charge in [-0.3, -0.25) is 0 Å². The Bertz CT molecular complexity index is 421. The molecule has 0 bridgehead atoms. The predicted molar refractivity (Wildman–Crippen MR) is 87.8 cm³/mol. The predicted octanol–water partition coefficient (Wildman–Crippen LogP) is 1.59. The van der Waals surface area contributed by atoms with Crippen LogP contribution in [0.1, 0.15) is 18.4 Å². The minimum absolute atomic E-state index is 0.220. The van der Waals surface area contributed by atoms with Gasteiger partial charge >= 0.3 is 0 Å². The molecule has 1 aromatic carbocycles. The van der Waals surface area contributed by atoms with Gasteiger partial charge in [0, 0.05) is 18.6 Å². The normalized spacial score (nSPS) is 22.8. The van der Waals surface area contributed by atoms with Crippen LogP contribution >= 0.6 is 0 Å². The monoisotopic (exact) mass is 291 g/mol. The highest BCUT2D eigenvalue weighted by Gasteiger charge is 2.25. The lowest BCUT2D eigenvalue weighted by atomic mass is 9.99. The summed E-state index contributed by atoms with van der Waals surface area (Å²) in [5.41, 5.74) is 7.81. The molecule has 1 aliphatic rings. The fraction of sp³-hybridized carbons (Fsp3) is 0.647. The SMILES string of the molecule is COc1ccc(CCC(N)C2CN(C)CCCN2C)cc1. The van der Waals surface area contributed by atoms with Crippen LogP contribution in [0.5, 0.6) is 5.75 Å². The molecule has 1 saturated heterocycles. The van der Waals surface area contributed by atoms with Gasteiger partial charge in [-0.15, -0.1) is 0 Å². The van der Waals surface area contributed by atoms with Crippen molar-refractivity contribution < 1.29 is 4.74 Å². The maximum atomic E-state index is 6.48. The Balaban J connectivity index is 1.88. The van der Waals surface area contributed by atoms with Crippen molar-refractivity contribution >= 4 is 0 Å². The summed E-state index contributed by atoms with van der Waals surface area (Å²) in [6, 6.07) is 8.98. The van der Waals surface area contributed by atoms with Crippen molar-refractivity contribution in [3.63, 3.8) is 0 Å². The number of nitrogens with two attached hydrogens (primary N) is 1. The van der Waals surface area contributed by atoms with Gasteiger partial charge in [0.25, 0.3) is 0 Å². The first-order valence-electron chi connectivity index (χ1n) is 7.87. The largest absolute Gasteiger partial charge is 0.497 e. The summed E-state index contributed by atoms with van der Waals surface area (Å²) in [5.74, 6) is 0.910. The van der Waals surface area contributed by atoms with E-state index in [1.54, 1.807) is 7.11 Å². The summed E-state index contributed by atoms with van der Waals surface area (Å²) in [5, 5.41) is 0. The van der Waals surface area contributed by atoms with Gasteiger partial charge in [-0.1, -0.05) is 12.1 Å². The summed E-state index contributed by atoms with van der Waals surface area (Å²) >= 11 is 0. The van der Waals surface area contributed by atoms with Gasteiger partial charge in [-0.25, -0.2) is 0 Å². The highest BCUT2D eigenvalue weighted by atomic mass is 16.5. The lowest BCUT2D eigenvalue weighted by Crippen LogP contribution is -2.50. The number of hydrogen-bond donors (Lipinski definition) is 1. The Morgan fingerprint density at radius 1 is 1.24 bits per heavy atom. The van der Waals surface area contributed by atoms with Crippen molar-refractivity contribution in [3.8, 4) is 5.75 Å². The number of ether oxygens (including phenoxy) is 1. The van der Waals surface area contributed by atoms with Crippen molar-refractivity contribution in [2.75, 3.05) is 40.8 Å². The molecule has 4 nitrogen and oxygen atoms in total. The quantitative estimate of drug-likeness (QED) is 0.894. The first kappa shape index (κ1) is 16.3. The van der Waals surface area contributed by atoms with Crippen LogP contribution in [-0.2, 0) is 6.42 Å². The molecule has 4 heteroatoms. The van der Waals surface area contributed by atoms with E-state index in [-0.39, 0.29) is 6.04 Å². The molecular formula is C17H29N3O. The van der Waals surface area contributed by atoms with Gasteiger partial charge in [0.15, 0.2) is 0 Å². The molecule has 2 N–H and O–H groups in total. The molecule has 2 rings (SSSR count). The highest BCUT2D eigenvalue weighted by Crippen LogP contribution is 2.16. The summed E-state index contributed by atoms with van der Waals surface area (Å²) < 4.78 is 5.19. The lowest BCUT2D eigenvalue weighted by Gasteiger charge is -2.32. The van der Waals surface area contributed by atoms with Gasteiger partial charge in [0.1, 0.15) is 5.75 Å². The number of nitrogens with zero attached hydrogens (tertiary/aromatic N) is 2. The second-order valence-corrected chi connectivity index (χ2v) is 6.21. The Morgan fingerprint density at radius 2 is 1.95 bits per heavy atom. The fourth-order valence-electron chi connectivity index (χ4n) is 3.09. The van der Waals surface area contributed by atoms with E-state index < -0.39 is 0 Å². The third-order valence-electron chi connectivity index (χ3n) is 4.54. The minimum Gasteiger partial charge on any atom is -0.497 e. The maximum absolute atomic E-state index is 6.48. The molecule has 1 fully saturated rings. The van der Waals surface area contributed by atoms with Crippen molar-refractivity contribution in [2.24, 2.45) is 5.73 Å². The van der Waals surface area contributed by atoms with E-state index in [4.69, 9.17) is 10.5 Å². The van der Waals surface area contributed by atoms with Gasteiger partial charge in [0.05, 0.1) is 7.11 Å². The molecule has 118 valence electrons. The first-order chi connectivity index (χ1) is 10.1. The maximum Gasteiger partial charge on any atom is 0.118 e. The fourth-order valence-corrected chi connectivity index (χ4v) is 3.09. The molecular weight excluding hydrogens is 262 g/mol. The number of methoxy groups -OCH3 is 1. The average Bonchev–Trinajstić information content (AvgIpc) is 2.66. The zero-order chi connectivity index (χ0) is 15.2. The van der Waals surface area contributed by atoms with E-state index in [0.717, 1.165) is 31.7 Å². The van der Waals surface area contributed by atoms with Crippen LogP contribution in [0.15, 0.2) is 24.3 Å². The van der Waals surface area contributed by atoms with Crippen molar-refractivity contribution in [1.82, 2.24) is 9.80 Å². The van der Waals surface area contributed by atoms with E-state index in [9.17, 15) is 0 Å². The van der Waals surface area contributed by atoms with Crippen LogP contribution in [0.25, 0.3) is 0 Å². The van der Waals surface area contributed by atoms with Crippen LogP contribution < -0.4 is 10.5 Å². The van der Waals surface area contributed by atoms with E-state index in [2.05, 4.69) is 36.0 Å². The molecule has 1 aliphatic heterocycles. The number of likely N-dealkylation sites (N-methyl/N-ethyl adjacent to an activating group) is 2. The zero-order valence-corrected chi connectivity index (χ0v) is 13.6. The molecule has 2 atom stereocenters. The average molecular weight is 291 g/mol. The summed E-state index contributed by atoms with van der Waals surface area (Å²) in [6.07, 6.45) is 3.28. The van der Waals surface area contributed by atoms with E-state index in [1.165, 1.54) is 18.5 Å². The Morgan fingerprint density at radius 3 is 2.62 bits per heavy atom. The summed E-state index contributed by atoms with van der Waals surface area (Å²) in [6.45, 7) is 3.39. The molecule has 0 radical (unpaired) electrons. The highest BCUT2D eigenvalue weighted by molar-refractivity contribution is 5.27. The topological polar surface area (TPSA) is 41.7 Å². The second-order valence-electron chi connectivity index (χ2n) is 6.21. The van der Waals surface area contributed by atoms with Crippen LogP contribution in [-0.4, -0.2) is 62.7 Å². The minimum atomic E-state index is 0.220. The number of aryl methyl sites for hydroxylation is 1. The molecule has 0 spiro atoms. The van der Waals surface area contributed by atoms with Gasteiger partial charge in [-0.05, 0) is 64.1 Å². The molecule has 0 aliphatic carbocycles. The second kappa shape index (κ2) is 7.78. The molecule has 2 unspecified atom stereocenters. The Hall–Kier alpha value is -1.10. The molecule has 1 aromatic rings. The van der Waals surface area contributed by atoms with Crippen molar-refractivity contribution in [2.45, 2.75) is 31.3 Å². The number of rotatable bonds is 5. The van der Waals surface area contributed by atoms with Crippen molar-refractivity contribution in [3.05, 3.63) is 29.8 Å². The Labute approximate surface area is 128 Å². The summed E-state index contributed by atoms with van der Waals surface area (Å²) in [4.78, 5) is 4.84. The van der Waals surface area contributed by atoms with Crippen LogP contribution in [0.3, 0.4) is 0 Å². The molecule has 0 saturated carbocycles. The third kappa shape index (κ3) is 4.70. The standard InChI is InChI=1S/C17H29N3O/c1-19-11-4-12-20(2)17(13-19)16(18)10-7-14-5-8-15(21-3)9-6-14/h5-6,8-9,16-17H,4,7,10-13,18H2,1-3H3. The summed E-state index contributed by atoms with van der Waals surface area (Å²) in [7, 11) is 6.10. The van der Waals surface area contributed by atoms with E-state index >= 15 is 0 Å². The van der Waals surface area contributed by atoms with Gasteiger partial charge in [-0.2, -0.15) is 0 Å².